The predicted molar refractivity (Wildman–Crippen MR) is 71.5 cm³/mol. The van der Waals surface area contributed by atoms with E-state index in [0.29, 0.717) is 6.54 Å². The average Bonchev–Trinajstić information content (AvgIpc) is 2.90. The molecule has 108 valence electrons. The molecule has 2 fully saturated rings. The summed E-state index contributed by atoms with van der Waals surface area (Å²) in [5, 5.41) is 14.7. The molecule has 0 spiro atoms. The molecule has 7 nitrogen and oxygen atoms in total. The molecule has 1 aliphatic carbocycles. The van der Waals surface area contributed by atoms with Crippen LogP contribution in [0.1, 0.15) is 22.5 Å². The Hall–Kier alpha value is -1.84. The second-order valence-corrected chi connectivity index (χ2v) is 5.74. The van der Waals surface area contributed by atoms with Gasteiger partial charge in [-0.3, -0.25) is 9.67 Å². The predicted octanol–water partition coefficient (Wildman–Crippen LogP) is -3.45. The van der Waals surface area contributed by atoms with Crippen LogP contribution in [-0.4, -0.2) is 38.8 Å². The summed E-state index contributed by atoms with van der Waals surface area (Å²) in [6.45, 7) is 2.57. The monoisotopic (exact) mass is 291 g/mol. The van der Waals surface area contributed by atoms with Crippen LogP contribution in [0.4, 0.5) is 5.82 Å². The first kappa shape index (κ1) is 15.1. The number of aromatic carboxylic acids is 1. The van der Waals surface area contributed by atoms with Crippen LogP contribution in [0.3, 0.4) is 0 Å². The second-order valence-electron chi connectivity index (χ2n) is 5.74. The maximum Gasteiger partial charge on any atom is 1.00 e. The summed E-state index contributed by atoms with van der Waals surface area (Å²) < 4.78 is 1.51. The van der Waals surface area contributed by atoms with Crippen molar-refractivity contribution in [3.05, 3.63) is 36.0 Å². The zero-order valence-corrected chi connectivity index (χ0v) is 12.3. The number of carboxylic acids is 1. The number of hydrogen-bond acceptors (Lipinski definition) is 6. The van der Waals surface area contributed by atoms with Gasteiger partial charge in [0.15, 0.2) is 0 Å². The molecule has 4 rings (SSSR count). The first-order chi connectivity index (χ1) is 10.2. The van der Waals surface area contributed by atoms with Crippen molar-refractivity contribution >= 4 is 11.8 Å². The van der Waals surface area contributed by atoms with E-state index in [2.05, 4.69) is 20.0 Å². The molecule has 2 aromatic heterocycles. The van der Waals surface area contributed by atoms with E-state index in [9.17, 15) is 9.90 Å². The van der Waals surface area contributed by atoms with Gasteiger partial charge in [0.2, 0.25) is 0 Å². The van der Waals surface area contributed by atoms with Gasteiger partial charge >= 0.3 is 18.9 Å². The quantitative estimate of drug-likeness (QED) is 0.544. The van der Waals surface area contributed by atoms with Gasteiger partial charge in [0.25, 0.3) is 0 Å². The Morgan fingerprint density at radius 3 is 2.59 bits per heavy atom. The number of rotatable bonds is 4. The van der Waals surface area contributed by atoms with Crippen molar-refractivity contribution in [1.82, 2.24) is 19.7 Å². The number of hydrogen-bond donors (Lipinski definition) is 0. The van der Waals surface area contributed by atoms with Crippen LogP contribution in [0.2, 0.25) is 0 Å². The van der Waals surface area contributed by atoms with E-state index >= 15 is 0 Å². The van der Waals surface area contributed by atoms with Gasteiger partial charge in [-0.1, -0.05) is 0 Å². The molecule has 2 aliphatic rings. The van der Waals surface area contributed by atoms with Crippen LogP contribution >= 0.6 is 0 Å². The van der Waals surface area contributed by atoms with Gasteiger partial charge < -0.3 is 14.8 Å². The van der Waals surface area contributed by atoms with Gasteiger partial charge in [0, 0.05) is 24.8 Å². The molecular weight excluding hydrogens is 277 g/mol. The van der Waals surface area contributed by atoms with E-state index in [1.165, 1.54) is 23.5 Å². The largest absolute Gasteiger partial charge is 1.00 e. The van der Waals surface area contributed by atoms with Gasteiger partial charge in [0.1, 0.15) is 5.82 Å². The van der Waals surface area contributed by atoms with E-state index < -0.39 is 5.97 Å². The van der Waals surface area contributed by atoms with Crippen LogP contribution in [0, 0.1) is 11.8 Å². The van der Waals surface area contributed by atoms with Crippen molar-refractivity contribution in [2.45, 2.75) is 13.0 Å². The Morgan fingerprint density at radius 1 is 1.23 bits per heavy atom. The van der Waals surface area contributed by atoms with Crippen molar-refractivity contribution in [2.75, 3.05) is 18.0 Å². The van der Waals surface area contributed by atoms with E-state index in [1.54, 1.807) is 12.4 Å². The molecule has 0 bridgehead atoms. The number of aromatic nitrogens is 4. The van der Waals surface area contributed by atoms with E-state index in [4.69, 9.17) is 0 Å². The topological polar surface area (TPSA) is 87.0 Å². The number of carboxylic acid groups (broad SMARTS) is 1. The zero-order valence-electron chi connectivity index (χ0n) is 12.3. The molecule has 0 radical (unpaired) electrons. The molecule has 3 heterocycles. The van der Waals surface area contributed by atoms with Crippen molar-refractivity contribution < 1.29 is 28.8 Å². The summed E-state index contributed by atoms with van der Waals surface area (Å²) in [5.74, 6) is 1.41. The summed E-state index contributed by atoms with van der Waals surface area (Å²) >= 11 is 0. The Bertz CT molecular complexity index is 677. The first-order valence-electron chi connectivity index (χ1n) is 6.99. The molecule has 1 aliphatic heterocycles. The third-order valence-electron chi connectivity index (χ3n) is 4.19. The Labute approximate surface area is 139 Å². The van der Waals surface area contributed by atoms with Crippen molar-refractivity contribution in [3.8, 4) is 0 Å². The van der Waals surface area contributed by atoms with Crippen molar-refractivity contribution in [3.63, 3.8) is 0 Å². The zero-order chi connectivity index (χ0) is 14.4. The molecule has 1 saturated carbocycles. The van der Waals surface area contributed by atoms with Crippen LogP contribution in [0.25, 0.3) is 0 Å². The number of carbonyl (C=O) groups is 1. The Morgan fingerprint density at radius 2 is 2.00 bits per heavy atom. The molecule has 22 heavy (non-hydrogen) atoms. The summed E-state index contributed by atoms with van der Waals surface area (Å²) in [5.41, 5.74) is 0.812. The smallest absolute Gasteiger partial charge is 0.545 e. The number of nitrogens with zero attached hydrogens (tertiary/aromatic N) is 5. The number of fused-ring (bicyclic) bond motifs is 1. The SMILES string of the molecule is O=C([O-])c1cnn(Cc2cnc(N3CC4CC4C3)cn2)c1.[Li+]. The summed E-state index contributed by atoms with van der Waals surface area (Å²) in [6.07, 6.45) is 7.57. The van der Waals surface area contributed by atoms with Crippen molar-refractivity contribution in [2.24, 2.45) is 11.8 Å². The number of carbonyl (C=O) groups excluding carboxylic acids is 1. The number of piperidine rings is 1. The fraction of sp³-hybridized carbons (Fsp3) is 0.429. The molecule has 2 atom stereocenters. The van der Waals surface area contributed by atoms with Crippen LogP contribution in [0.5, 0.6) is 0 Å². The summed E-state index contributed by atoms with van der Waals surface area (Å²) in [4.78, 5) is 21.8. The van der Waals surface area contributed by atoms with Crippen LogP contribution in [0.15, 0.2) is 24.8 Å². The molecular formula is C14H14LiN5O2. The molecule has 1 saturated heterocycles. The number of anilines is 1. The Balaban J connectivity index is 0.00000144. The third-order valence-corrected chi connectivity index (χ3v) is 4.19. The van der Waals surface area contributed by atoms with E-state index in [-0.39, 0.29) is 24.4 Å². The fourth-order valence-electron chi connectivity index (χ4n) is 2.90. The van der Waals surface area contributed by atoms with Gasteiger partial charge in [0.05, 0.1) is 36.8 Å². The summed E-state index contributed by atoms with van der Waals surface area (Å²) in [6, 6.07) is 0. The third kappa shape index (κ3) is 2.87. The van der Waals surface area contributed by atoms with Gasteiger partial charge in [-0.25, -0.2) is 4.98 Å². The molecule has 2 aromatic rings. The van der Waals surface area contributed by atoms with E-state index in [0.717, 1.165) is 36.4 Å². The van der Waals surface area contributed by atoms with Gasteiger partial charge in [-0.05, 0) is 18.3 Å². The van der Waals surface area contributed by atoms with Crippen molar-refractivity contribution in [1.29, 1.82) is 0 Å². The maximum atomic E-state index is 10.7. The van der Waals surface area contributed by atoms with Crippen LogP contribution in [-0.2, 0) is 6.54 Å². The molecule has 0 N–H and O–H groups in total. The minimum Gasteiger partial charge on any atom is -0.545 e. The van der Waals surface area contributed by atoms with Crippen LogP contribution < -0.4 is 28.9 Å². The summed E-state index contributed by atoms with van der Waals surface area (Å²) in [7, 11) is 0. The molecule has 0 amide bonds. The minimum atomic E-state index is -1.23. The van der Waals surface area contributed by atoms with Gasteiger partial charge in [-0.15, -0.1) is 0 Å². The maximum absolute atomic E-state index is 10.7. The second kappa shape index (κ2) is 5.74. The van der Waals surface area contributed by atoms with E-state index in [1.807, 2.05) is 0 Å². The fourth-order valence-corrected chi connectivity index (χ4v) is 2.90. The van der Waals surface area contributed by atoms with Gasteiger partial charge in [-0.2, -0.15) is 5.10 Å². The molecule has 2 unspecified atom stereocenters. The average molecular weight is 291 g/mol. The Kier molecular flexibility index (Phi) is 3.93. The first-order valence-corrected chi connectivity index (χ1v) is 6.99. The minimum absolute atomic E-state index is 0. The molecule has 8 heteroatoms. The normalized spacial score (nSPS) is 22.1. The standard InChI is InChI=1S/C14H15N5O2.Li/c20-14(21)11-2-17-19(7-11)8-12-3-16-13(4-15-12)18-5-9-1-10(9)6-18;/h2-4,7,9-10H,1,5-6,8H2,(H,20,21);/q;+1/p-1. The molecule has 0 aromatic carbocycles.